The number of benzene rings is 2. The predicted molar refractivity (Wildman–Crippen MR) is 150 cm³/mol. The fourth-order valence-electron chi connectivity index (χ4n) is 7.01. The largest absolute Gasteiger partial charge is 0.418 e. The van der Waals surface area contributed by atoms with E-state index in [2.05, 4.69) is 34.1 Å². The van der Waals surface area contributed by atoms with Crippen molar-refractivity contribution in [1.29, 1.82) is 0 Å². The zero-order valence-corrected chi connectivity index (χ0v) is 24.3. The van der Waals surface area contributed by atoms with Crippen molar-refractivity contribution in [2.24, 2.45) is 18.9 Å². The van der Waals surface area contributed by atoms with Crippen LogP contribution in [-0.2, 0) is 35.2 Å². The summed E-state index contributed by atoms with van der Waals surface area (Å²) in [5.74, 6) is 1.72. The minimum Gasteiger partial charge on any atom is -0.365 e. The van der Waals surface area contributed by atoms with Gasteiger partial charge in [-0.25, -0.2) is 17.7 Å². The number of piperidine rings is 1. The van der Waals surface area contributed by atoms with Gasteiger partial charge >= 0.3 is 6.18 Å². The highest BCUT2D eigenvalue weighted by Crippen LogP contribution is 2.52. The normalized spacial score (nSPS) is 26.2. The number of nitrogens with zero attached hydrogens (tertiary/aromatic N) is 5. The van der Waals surface area contributed by atoms with Crippen LogP contribution in [0, 0.1) is 11.8 Å². The molecule has 0 amide bonds. The standard InChI is InChI=1S/C29H35F3N6O2S/c1-19-6-5-9-37(15-19)16-21-10-24(29(30,31)32)26-25(11-21)41(39,40)38(18-34-26)23-8-4-7-22(12-23)28(13-20(2)14-28)27-33-17-35-36(27)3/h4,7-8,10-12,17,19-20,34H,5-6,9,13-16,18H2,1-3H3/t19-,20?,28?/m0/s1. The second kappa shape index (κ2) is 10.0. The van der Waals surface area contributed by atoms with E-state index in [1.165, 1.54) is 12.4 Å². The molecule has 1 saturated heterocycles. The number of alkyl halides is 3. The summed E-state index contributed by atoms with van der Waals surface area (Å²) in [6.45, 7) is 5.79. The molecule has 12 heteroatoms. The van der Waals surface area contributed by atoms with Gasteiger partial charge in [-0.15, -0.1) is 0 Å². The van der Waals surface area contributed by atoms with Gasteiger partial charge in [0.1, 0.15) is 23.7 Å². The van der Waals surface area contributed by atoms with E-state index in [0.29, 0.717) is 23.1 Å². The molecule has 1 aliphatic carbocycles. The first kappa shape index (κ1) is 28.0. The van der Waals surface area contributed by atoms with Gasteiger partial charge < -0.3 is 5.32 Å². The minimum absolute atomic E-state index is 0.268. The Morgan fingerprint density at radius 2 is 1.90 bits per heavy atom. The van der Waals surface area contributed by atoms with E-state index in [9.17, 15) is 21.6 Å². The first-order valence-electron chi connectivity index (χ1n) is 14.1. The molecule has 0 bridgehead atoms. The van der Waals surface area contributed by atoms with Crippen LogP contribution >= 0.6 is 0 Å². The zero-order valence-electron chi connectivity index (χ0n) is 23.4. The number of aryl methyl sites for hydroxylation is 1. The molecule has 0 spiro atoms. The van der Waals surface area contributed by atoms with Crippen molar-refractivity contribution in [2.45, 2.75) is 62.6 Å². The number of halogens is 3. The lowest BCUT2D eigenvalue weighted by Crippen LogP contribution is -2.44. The van der Waals surface area contributed by atoms with Crippen LogP contribution in [0.2, 0.25) is 0 Å². The maximum Gasteiger partial charge on any atom is 0.418 e. The van der Waals surface area contributed by atoms with Crippen molar-refractivity contribution in [3.05, 3.63) is 65.2 Å². The van der Waals surface area contributed by atoms with Gasteiger partial charge in [0.05, 0.1) is 22.4 Å². The molecular formula is C29H35F3N6O2S. The lowest BCUT2D eigenvalue weighted by molar-refractivity contribution is -0.137. The second-order valence-corrected chi connectivity index (χ2v) is 13.9. The number of likely N-dealkylation sites (tertiary alicyclic amines) is 1. The highest BCUT2D eigenvalue weighted by molar-refractivity contribution is 7.93. The summed E-state index contributed by atoms with van der Waals surface area (Å²) in [4.78, 5) is 6.27. The molecule has 6 rings (SSSR count). The van der Waals surface area contributed by atoms with Gasteiger partial charge in [-0.1, -0.05) is 26.0 Å². The van der Waals surface area contributed by atoms with Crippen LogP contribution in [0.15, 0.2) is 47.6 Å². The number of aromatic nitrogens is 3. The highest BCUT2D eigenvalue weighted by Gasteiger charge is 2.48. The van der Waals surface area contributed by atoms with Gasteiger partial charge in [0.2, 0.25) is 0 Å². The number of hydrogen-bond acceptors (Lipinski definition) is 6. The number of rotatable bonds is 5. The molecule has 1 atom stereocenters. The zero-order chi connectivity index (χ0) is 29.2. The molecule has 3 aliphatic rings. The topological polar surface area (TPSA) is 83.4 Å². The molecule has 220 valence electrons. The number of nitrogens with one attached hydrogen (secondary N) is 1. The predicted octanol–water partition coefficient (Wildman–Crippen LogP) is 5.36. The Bertz CT molecular complexity index is 1560. The Morgan fingerprint density at radius 3 is 2.56 bits per heavy atom. The summed E-state index contributed by atoms with van der Waals surface area (Å²) in [5, 5.41) is 7.05. The van der Waals surface area contributed by atoms with Crippen molar-refractivity contribution in [3.8, 4) is 0 Å². The third-order valence-corrected chi connectivity index (χ3v) is 10.6. The van der Waals surface area contributed by atoms with Crippen molar-refractivity contribution in [2.75, 3.05) is 29.4 Å². The molecule has 1 N–H and O–H groups in total. The van der Waals surface area contributed by atoms with Crippen molar-refractivity contribution >= 4 is 21.4 Å². The smallest absolute Gasteiger partial charge is 0.365 e. The summed E-state index contributed by atoms with van der Waals surface area (Å²) in [6.07, 6.45) is 0.534. The first-order valence-corrected chi connectivity index (χ1v) is 15.5. The summed E-state index contributed by atoms with van der Waals surface area (Å²) in [7, 11) is -2.46. The molecule has 3 heterocycles. The molecule has 8 nitrogen and oxygen atoms in total. The van der Waals surface area contributed by atoms with Gasteiger partial charge in [-0.2, -0.15) is 18.3 Å². The molecule has 3 aromatic rings. The molecule has 1 aromatic heterocycles. The van der Waals surface area contributed by atoms with E-state index in [0.717, 1.165) is 60.5 Å². The van der Waals surface area contributed by atoms with Crippen LogP contribution in [0.4, 0.5) is 24.5 Å². The summed E-state index contributed by atoms with van der Waals surface area (Å²) in [5.41, 5.74) is -0.0929. The van der Waals surface area contributed by atoms with E-state index in [1.54, 1.807) is 16.8 Å². The molecule has 41 heavy (non-hydrogen) atoms. The molecule has 2 aromatic carbocycles. The minimum atomic E-state index is -4.71. The van der Waals surface area contributed by atoms with Crippen LogP contribution in [-0.4, -0.2) is 47.8 Å². The number of anilines is 2. The van der Waals surface area contributed by atoms with E-state index in [4.69, 9.17) is 0 Å². The SMILES string of the molecule is CC1CC(c2cccc(N3CNc4c(C(F)(F)F)cc(CN5CCC[C@H](C)C5)cc4S3(=O)=O)c2)(c2ncnn2C)C1. The molecular weight excluding hydrogens is 553 g/mol. The molecule has 0 unspecified atom stereocenters. The van der Waals surface area contributed by atoms with E-state index in [-0.39, 0.29) is 23.8 Å². The van der Waals surface area contributed by atoms with E-state index >= 15 is 0 Å². The van der Waals surface area contributed by atoms with Gasteiger partial charge in [-0.3, -0.25) is 9.58 Å². The molecule has 2 fully saturated rings. The lowest BCUT2D eigenvalue weighted by Gasteiger charge is -2.46. The third-order valence-electron chi connectivity index (χ3n) is 8.80. The van der Waals surface area contributed by atoms with E-state index in [1.807, 2.05) is 19.2 Å². The summed E-state index contributed by atoms with van der Waals surface area (Å²) >= 11 is 0. The van der Waals surface area contributed by atoms with Crippen LogP contribution in [0.1, 0.15) is 62.0 Å². The maximum absolute atomic E-state index is 14.2. The van der Waals surface area contributed by atoms with Crippen molar-refractivity contribution < 1.29 is 21.6 Å². The summed E-state index contributed by atoms with van der Waals surface area (Å²) < 4.78 is 73.7. The molecule has 2 aliphatic heterocycles. The fraction of sp³-hybridized carbons (Fsp3) is 0.517. The van der Waals surface area contributed by atoms with E-state index < -0.39 is 27.2 Å². The molecule has 1 saturated carbocycles. The monoisotopic (exact) mass is 588 g/mol. The number of hydrogen-bond donors (Lipinski definition) is 1. The van der Waals surface area contributed by atoms with Crippen LogP contribution < -0.4 is 9.62 Å². The Labute approximate surface area is 238 Å². The van der Waals surface area contributed by atoms with Crippen molar-refractivity contribution in [3.63, 3.8) is 0 Å². The highest BCUT2D eigenvalue weighted by atomic mass is 32.2. The van der Waals surface area contributed by atoms with Gasteiger partial charge in [0.15, 0.2) is 0 Å². The Morgan fingerprint density at radius 1 is 1.12 bits per heavy atom. The lowest BCUT2D eigenvalue weighted by atomic mass is 9.58. The average Bonchev–Trinajstić information content (AvgIpc) is 3.32. The second-order valence-electron chi connectivity index (χ2n) is 12.0. The number of sulfonamides is 1. The first-order chi connectivity index (χ1) is 19.4. The maximum atomic E-state index is 14.2. The van der Waals surface area contributed by atoms with Gasteiger partial charge in [0.25, 0.3) is 10.0 Å². The van der Waals surface area contributed by atoms with Gasteiger partial charge in [-0.05, 0) is 79.5 Å². The molecule has 0 radical (unpaired) electrons. The Kier molecular flexibility index (Phi) is 6.84. The summed E-state index contributed by atoms with van der Waals surface area (Å²) in [6, 6.07) is 9.78. The number of fused-ring (bicyclic) bond motifs is 1. The van der Waals surface area contributed by atoms with Crippen LogP contribution in [0.5, 0.6) is 0 Å². The van der Waals surface area contributed by atoms with Crippen molar-refractivity contribution in [1.82, 2.24) is 19.7 Å². The average molecular weight is 589 g/mol. The Hall–Kier alpha value is -3.12. The van der Waals surface area contributed by atoms with Crippen LogP contribution in [0.3, 0.4) is 0 Å². The Balaban J connectivity index is 1.39. The quantitative estimate of drug-likeness (QED) is 0.432. The third kappa shape index (κ3) is 4.88. The van der Waals surface area contributed by atoms with Gasteiger partial charge in [0, 0.05) is 20.1 Å². The fourth-order valence-corrected chi connectivity index (χ4v) is 8.62. The van der Waals surface area contributed by atoms with Crippen LogP contribution in [0.25, 0.3) is 0 Å².